The van der Waals surface area contributed by atoms with Gasteiger partial charge in [-0.25, -0.2) is 0 Å². The number of nitrogens with one attached hydrogen (secondary N) is 2. The van der Waals surface area contributed by atoms with E-state index < -0.39 is 23.3 Å². The molecule has 2 aromatic carbocycles. The van der Waals surface area contributed by atoms with Crippen LogP contribution in [0.15, 0.2) is 53.4 Å². The van der Waals surface area contributed by atoms with E-state index in [1.165, 1.54) is 30.0 Å². The molecule has 0 saturated heterocycles. The Morgan fingerprint density at radius 1 is 1.15 bits per heavy atom. The summed E-state index contributed by atoms with van der Waals surface area (Å²) in [5, 5.41) is 4.40. The van der Waals surface area contributed by atoms with Crippen LogP contribution in [-0.4, -0.2) is 23.4 Å². The topological polar surface area (TPSA) is 67.4 Å². The maximum Gasteiger partial charge on any atom is 0.573 e. The number of carbonyl (C=O) groups is 2. The van der Waals surface area contributed by atoms with E-state index in [0.717, 1.165) is 11.0 Å². The van der Waals surface area contributed by atoms with Gasteiger partial charge in [0.2, 0.25) is 11.8 Å². The minimum atomic E-state index is -4.87. The average molecular weight is 382 g/mol. The standard InChI is InChI=1S/C17H13F3N2O3S/c18-17(19,20)25-12-7-3-1-5-10(12)21-15(23)9-14-16(24)22-11-6-2-4-8-13(11)26-14/h1-8,14H,9H2,(H,21,23)(H,22,24). The summed E-state index contributed by atoms with van der Waals surface area (Å²) < 4.78 is 41.2. The Balaban J connectivity index is 1.68. The molecule has 1 aliphatic heterocycles. The molecule has 0 spiro atoms. The second kappa shape index (κ2) is 7.28. The monoisotopic (exact) mass is 382 g/mol. The molecule has 2 N–H and O–H groups in total. The highest BCUT2D eigenvalue weighted by atomic mass is 32.2. The van der Waals surface area contributed by atoms with Crippen LogP contribution in [0.3, 0.4) is 0 Å². The molecular weight excluding hydrogens is 369 g/mol. The number of thioether (sulfide) groups is 1. The predicted molar refractivity (Wildman–Crippen MR) is 91.1 cm³/mol. The SMILES string of the molecule is O=C(CC1Sc2ccccc2NC1=O)Nc1ccccc1OC(F)(F)F. The molecule has 1 heterocycles. The van der Waals surface area contributed by atoms with E-state index in [9.17, 15) is 22.8 Å². The molecule has 1 atom stereocenters. The molecule has 0 bridgehead atoms. The summed E-state index contributed by atoms with van der Waals surface area (Å²) >= 11 is 1.23. The van der Waals surface area contributed by atoms with Gasteiger partial charge in [0, 0.05) is 11.3 Å². The highest BCUT2D eigenvalue weighted by Gasteiger charge is 2.33. The fourth-order valence-electron chi connectivity index (χ4n) is 2.38. The number of hydrogen-bond donors (Lipinski definition) is 2. The number of para-hydroxylation sites is 3. The van der Waals surface area contributed by atoms with Gasteiger partial charge in [0.25, 0.3) is 0 Å². The van der Waals surface area contributed by atoms with Gasteiger partial charge in [0.05, 0.1) is 16.6 Å². The van der Waals surface area contributed by atoms with Crippen molar-refractivity contribution in [3.8, 4) is 5.75 Å². The number of carbonyl (C=O) groups excluding carboxylic acids is 2. The van der Waals surface area contributed by atoms with Gasteiger partial charge in [0.1, 0.15) is 0 Å². The molecule has 2 amide bonds. The lowest BCUT2D eigenvalue weighted by Gasteiger charge is -2.23. The molecule has 3 rings (SSSR count). The first-order valence-electron chi connectivity index (χ1n) is 7.53. The Morgan fingerprint density at radius 3 is 2.62 bits per heavy atom. The Hall–Kier alpha value is -2.68. The van der Waals surface area contributed by atoms with E-state index in [2.05, 4.69) is 15.4 Å². The van der Waals surface area contributed by atoms with Crippen LogP contribution < -0.4 is 15.4 Å². The third kappa shape index (κ3) is 4.48. The van der Waals surface area contributed by atoms with Crippen LogP contribution in [-0.2, 0) is 9.59 Å². The van der Waals surface area contributed by atoms with E-state index in [1.807, 2.05) is 12.1 Å². The number of fused-ring (bicyclic) bond motifs is 1. The molecule has 1 aliphatic rings. The third-order valence-electron chi connectivity index (χ3n) is 3.46. The van der Waals surface area contributed by atoms with Gasteiger partial charge in [-0.1, -0.05) is 24.3 Å². The van der Waals surface area contributed by atoms with Crippen LogP contribution >= 0.6 is 11.8 Å². The quantitative estimate of drug-likeness (QED) is 0.838. The van der Waals surface area contributed by atoms with Crippen molar-refractivity contribution in [1.82, 2.24) is 0 Å². The molecule has 0 fully saturated rings. The van der Waals surface area contributed by atoms with Crippen LogP contribution in [0.5, 0.6) is 5.75 Å². The van der Waals surface area contributed by atoms with E-state index in [4.69, 9.17) is 0 Å². The first-order valence-corrected chi connectivity index (χ1v) is 8.41. The van der Waals surface area contributed by atoms with Gasteiger partial charge >= 0.3 is 6.36 Å². The zero-order valence-electron chi connectivity index (χ0n) is 13.2. The summed E-state index contributed by atoms with van der Waals surface area (Å²) in [6.45, 7) is 0. The van der Waals surface area contributed by atoms with Gasteiger partial charge in [-0.3, -0.25) is 9.59 Å². The first-order chi connectivity index (χ1) is 12.3. The molecule has 136 valence electrons. The fourth-order valence-corrected chi connectivity index (χ4v) is 3.49. The summed E-state index contributed by atoms with van der Waals surface area (Å²) in [4.78, 5) is 25.2. The highest BCUT2D eigenvalue weighted by molar-refractivity contribution is 8.01. The van der Waals surface area contributed by atoms with Crippen molar-refractivity contribution in [2.24, 2.45) is 0 Å². The molecular formula is C17H13F3N2O3S. The third-order valence-corrected chi connectivity index (χ3v) is 4.74. The number of halogens is 3. The second-order valence-corrected chi connectivity index (χ2v) is 6.63. The summed E-state index contributed by atoms with van der Waals surface area (Å²) in [7, 11) is 0. The van der Waals surface area contributed by atoms with Crippen molar-refractivity contribution in [2.45, 2.75) is 22.9 Å². The number of ether oxygens (including phenoxy) is 1. The van der Waals surface area contributed by atoms with Gasteiger partial charge in [0.15, 0.2) is 5.75 Å². The van der Waals surface area contributed by atoms with Gasteiger partial charge < -0.3 is 15.4 Å². The van der Waals surface area contributed by atoms with E-state index in [0.29, 0.717) is 5.69 Å². The van der Waals surface area contributed by atoms with Crippen molar-refractivity contribution in [3.05, 3.63) is 48.5 Å². The Labute approximate surface area is 150 Å². The van der Waals surface area contributed by atoms with E-state index >= 15 is 0 Å². The predicted octanol–water partition coefficient (Wildman–Crippen LogP) is 4.03. The molecule has 5 nitrogen and oxygen atoms in total. The van der Waals surface area contributed by atoms with Crippen molar-refractivity contribution in [2.75, 3.05) is 10.6 Å². The molecule has 9 heteroatoms. The number of benzene rings is 2. The zero-order chi connectivity index (χ0) is 18.7. The van der Waals surface area contributed by atoms with Crippen molar-refractivity contribution < 1.29 is 27.5 Å². The number of anilines is 2. The molecule has 1 unspecified atom stereocenters. The average Bonchev–Trinajstić information content (AvgIpc) is 2.56. The number of amides is 2. The Kier molecular flexibility index (Phi) is 5.08. The van der Waals surface area contributed by atoms with Crippen molar-refractivity contribution in [1.29, 1.82) is 0 Å². The van der Waals surface area contributed by atoms with Crippen LogP contribution in [0.4, 0.5) is 24.5 Å². The Bertz CT molecular complexity index is 842. The van der Waals surface area contributed by atoms with Gasteiger partial charge in [-0.2, -0.15) is 0 Å². The second-order valence-electron chi connectivity index (χ2n) is 5.39. The number of alkyl halides is 3. The maximum atomic E-state index is 12.4. The van der Waals surface area contributed by atoms with Crippen LogP contribution in [0.2, 0.25) is 0 Å². The number of rotatable bonds is 4. The summed E-state index contributed by atoms with van der Waals surface area (Å²) in [5.74, 6) is -1.43. The summed E-state index contributed by atoms with van der Waals surface area (Å²) in [6, 6.07) is 12.4. The largest absolute Gasteiger partial charge is 0.573 e. The van der Waals surface area contributed by atoms with Crippen LogP contribution in [0.25, 0.3) is 0 Å². The molecule has 0 aliphatic carbocycles. The lowest BCUT2D eigenvalue weighted by Crippen LogP contribution is -2.32. The zero-order valence-corrected chi connectivity index (χ0v) is 14.0. The lowest BCUT2D eigenvalue weighted by atomic mass is 10.2. The molecule has 0 aromatic heterocycles. The normalized spacial score (nSPS) is 16.4. The molecule has 0 saturated carbocycles. The molecule has 26 heavy (non-hydrogen) atoms. The lowest BCUT2D eigenvalue weighted by molar-refractivity contribution is -0.274. The van der Waals surface area contributed by atoms with Crippen molar-refractivity contribution >= 4 is 35.0 Å². The van der Waals surface area contributed by atoms with Crippen LogP contribution in [0, 0.1) is 0 Å². The van der Waals surface area contributed by atoms with Crippen LogP contribution in [0.1, 0.15) is 6.42 Å². The highest BCUT2D eigenvalue weighted by Crippen LogP contribution is 2.37. The minimum absolute atomic E-state index is 0.114. The molecule has 0 radical (unpaired) electrons. The summed E-state index contributed by atoms with van der Waals surface area (Å²) in [6.07, 6.45) is -5.06. The molecule has 2 aromatic rings. The van der Waals surface area contributed by atoms with E-state index in [-0.39, 0.29) is 18.0 Å². The smallest absolute Gasteiger partial charge is 0.404 e. The number of hydrogen-bond acceptors (Lipinski definition) is 4. The Morgan fingerprint density at radius 2 is 1.85 bits per heavy atom. The maximum absolute atomic E-state index is 12.4. The van der Waals surface area contributed by atoms with Crippen molar-refractivity contribution in [3.63, 3.8) is 0 Å². The first kappa shape index (κ1) is 18.1. The minimum Gasteiger partial charge on any atom is -0.404 e. The van der Waals surface area contributed by atoms with Gasteiger partial charge in [-0.15, -0.1) is 24.9 Å². The van der Waals surface area contributed by atoms with E-state index in [1.54, 1.807) is 12.1 Å². The van der Waals surface area contributed by atoms with Gasteiger partial charge in [-0.05, 0) is 24.3 Å². The fraction of sp³-hybridized carbons (Fsp3) is 0.176. The summed E-state index contributed by atoms with van der Waals surface area (Å²) in [5.41, 5.74) is 0.555.